The molecular formula is C29H40N4O2S. The lowest BCUT2D eigenvalue weighted by Gasteiger charge is -2.37. The Hall–Kier alpha value is -1.99. The molecule has 0 N–H and O–H groups in total. The van der Waals surface area contributed by atoms with E-state index in [1.54, 1.807) is 18.6 Å². The third-order valence-corrected chi connectivity index (χ3v) is 10.7. The van der Waals surface area contributed by atoms with Crippen LogP contribution in [0.25, 0.3) is 10.1 Å². The molecule has 2 amide bonds. The van der Waals surface area contributed by atoms with Crippen LogP contribution in [-0.4, -0.2) is 65.8 Å². The van der Waals surface area contributed by atoms with Crippen LogP contribution in [0.1, 0.15) is 51.9 Å². The number of carbonyl (C=O) groups is 2. The molecule has 6 nitrogen and oxygen atoms in total. The van der Waals surface area contributed by atoms with Crippen LogP contribution in [0.5, 0.6) is 0 Å². The van der Waals surface area contributed by atoms with E-state index < -0.39 is 0 Å². The van der Waals surface area contributed by atoms with E-state index in [1.807, 2.05) is 0 Å². The fourth-order valence-corrected chi connectivity index (χ4v) is 8.71. The van der Waals surface area contributed by atoms with Gasteiger partial charge in [0.1, 0.15) is 5.82 Å². The number of aromatic nitrogens is 1. The quantitative estimate of drug-likeness (QED) is 0.553. The Bertz CT molecular complexity index is 1100. The number of nitrogens with zero attached hydrogens (tertiary/aromatic N) is 4. The van der Waals surface area contributed by atoms with Crippen molar-refractivity contribution in [3.8, 4) is 0 Å². The van der Waals surface area contributed by atoms with Gasteiger partial charge < -0.3 is 4.90 Å². The molecule has 36 heavy (non-hydrogen) atoms. The maximum atomic E-state index is 11.8. The lowest BCUT2D eigenvalue weighted by atomic mass is 9.76. The number of carbonyl (C=O) groups excluding carboxylic acids is 2. The van der Waals surface area contributed by atoms with Crippen LogP contribution in [0, 0.1) is 35.5 Å². The van der Waals surface area contributed by atoms with Crippen LogP contribution < -0.4 is 4.90 Å². The SMILES string of the molecule is CC1C[C@@H]2C[C@H]1[C@H]1C(=O)N(C)C(=O)[C@@H]21.c1ccc2c(N3CCN(CC4CCCCC4)CC3)nsc2c1. The summed E-state index contributed by atoms with van der Waals surface area (Å²) in [5.74, 6) is 4.06. The van der Waals surface area contributed by atoms with Gasteiger partial charge in [0.05, 0.1) is 16.5 Å². The van der Waals surface area contributed by atoms with Gasteiger partial charge in [0.25, 0.3) is 0 Å². The summed E-state index contributed by atoms with van der Waals surface area (Å²) in [7, 11) is 1.63. The maximum absolute atomic E-state index is 11.8. The molecule has 5 fully saturated rings. The number of benzene rings is 1. The number of hydrogen-bond donors (Lipinski definition) is 0. The zero-order valence-corrected chi connectivity index (χ0v) is 22.6. The van der Waals surface area contributed by atoms with Crippen molar-refractivity contribution in [2.45, 2.75) is 51.9 Å². The van der Waals surface area contributed by atoms with Crippen molar-refractivity contribution in [1.29, 1.82) is 0 Å². The smallest absolute Gasteiger partial charge is 0.233 e. The highest BCUT2D eigenvalue weighted by molar-refractivity contribution is 7.13. The second-order valence-corrected chi connectivity index (χ2v) is 12.8. The first kappa shape index (κ1) is 24.4. The maximum Gasteiger partial charge on any atom is 0.233 e. The Morgan fingerprint density at radius 2 is 1.67 bits per heavy atom. The van der Waals surface area contributed by atoms with Crippen molar-refractivity contribution in [2.24, 2.45) is 35.5 Å². The molecule has 2 saturated heterocycles. The monoisotopic (exact) mass is 508 g/mol. The molecule has 5 aliphatic rings. The largest absolute Gasteiger partial charge is 0.353 e. The van der Waals surface area contributed by atoms with Gasteiger partial charge in [0, 0.05) is 45.2 Å². The van der Waals surface area contributed by atoms with E-state index in [2.05, 4.69) is 41.0 Å². The van der Waals surface area contributed by atoms with Crippen LogP contribution in [0.2, 0.25) is 0 Å². The molecule has 1 aromatic heterocycles. The molecule has 7 rings (SSSR count). The molecule has 2 bridgehead atoms. The molecule has 194 valence electrons. The molecule has 2 aromatic rings. The van der Waals surface area contributed by atoms with E-state index in [-0.39, 0.29) is 23.7 Å². The summed E-state index contributed by atoms with van der Waals surface area (Å²) in [5.41, 5.74) is 0. The minimum atomic E-state index is 0.0428. The van der Waals surface area contributed by atoms with Gasteiger partial charge in [-0.05, 0) is 73.0 Å². The number of piperazine rings is 1. The van der Waals surface area contributed by atoms with Crippen LogP contribution in [-0.2, 0) is 9.59 Å². The minimum absolute atomic E-state index is 0.0428. The number of imide groups is 1. The number of amides is 2. The molecule has 1 unspecified atom stereocenters. The number of rotatable bonds is 3. The zero-order chi connectivity index (χ0) is 24.8. The topological polar surface area (TPSA) is 56.8 Å². The Morgan fingerprint density at radius 3 is 2.44 bits per heavy atom. The fourth-order valence-electron chi connectivity index (χ4n) is 7.91. The lowest BCUT2D eigenvalue weighted by Crippen LogP contribution is -2.48. The van der Waals surface area contributed by atoms with Gasteiger partial charge in [0.2, 0.25) is 11.8 Å². The summed E-state index contributed by atoms with van der Waals surface area (Å²) in [6.07, 6.45) is 9.54. The molecule has 7 heteroatoms. The van der Waals surface area contributed by atoms with Gasteiger partial charge in [-0.2, -0.15) is 4.37 Å². The molecule has 3 aliphatic carbocycles. The van der Waals surface area contributed by atoms with Crippen molar-refractivity contribution in [1.82, 2.24) is 14.2 Å². The molecule has 0 radical (unpaired) electrons. The number of hydrogen-bond acceptors (Lipinski definition) is 6. The van der Waals surface area contributed by atoms with Crippen LogP contribution in [0.15, 0.2) is 24.3 Å². The predicted molar refractivity (Wildman–Crippen MR) is 145 cm³/mol. The minimum Gasteiger partial charge on any atom is -0.353 e. The predicted octanol–water partition coefficient (Wildman–Crippen LogP) is 4.89. The van der Waals surface area contributed by atoms with Crippen LogP contribution in [0.4, 0.5) is 5.82 Å². The average molecular weight is 509 g/mol. The average Bonchev–Trinajstić information content (AvgIpc) is 3.65. The van der Waals surface area contributed by atoms with Crippen LogP contribution >= 0.6 is 11.5 Å². The Balaban J connectivity index is 0.000000147. The lowest BCUT2D eigenvalue weighted by molar-refractivity contribution is -0.139. The van der Waals surface area contributed by atoms with Gasteiger partial charge >= 0.3 is 0 Å². The Morgan fingerprint density at radius 1 is 0.944 bits per heavy atom. The van der Waals surface area contributed by atoms with Gasteiger partial charge in [-0.15, -0.1) is 0 Å². The van der Waals surface area contributed by atoms with Crippen molar-refractivity contribution in [3.63, 3.8) is 0 Å². The number of likely N-dealkylation sites (tertiary alicyclic amines) is 1. The van der Waals surface area contributed by atoms with E-state index >= 15 is 0 Å². The summed E-state index contributed by atoms with van der Waals surface area (Å²) in [6.45, 7) is 8.19. The summed E-state index contributed by atoms with van der Waals surface area (Å²) >= 11 is 1.63. The molecule has 3 saturated carbocycles. The second kappa shape index (κ2) is 10.1. The van der Waals surface area contributed by atoms with E-state index in [0.29, 0.717) is 17.8 Å². The highest BCUT2D eigenvalue weighted by Gasteiger charge is 2.61. The van der Waals surface area contributed by atoms with Crippen molar-refractivity contribution in [2.75, 3.05) is 44.7 Å². The summed E-state index contributed by atoms with van der Waals surface area (Å²) in [6, 6.07) is 8.62. The van der Waals surface area contributed by atoms with Crippen molar-refractivity contribution >= 4 is 39.3 Å². The molecule has 0 spiro atoms. The fraction of sp³-hybridized carbons (Fsp3) is 0.690. The first-order valence-corrected chi connectivity index (χ1v) is 14.9. The normalized spacial score (nSPS) is 32.8. The van der Waals surface area contributed by atoms with Gasteiger partial charge in [-0.1, -0.05) is 38.3 Å². The summed E-state index contributed by atoms with van der Waals surface area (Å²) < 4.78 is 6.02. The Kier molecular flexibility index (Phi) is 6.80. The van der Waals surface area contributed by atoms with E-state index in [9.17, 15) is 9.59 Å². The van der Waals surface area contributed by atoms with Crippen molar-refractivity contribution in [3.05, 3.63) is 24.3 Å². The molecule has 1 aromatic carbocycles. The number of fused-ring (bicyclic) bond motifs is 6. The third-order valence-electron chi connectivity index (χ3n) is 9.84. The summed E-state index contributed by atoms with van der Waals surface area (Å²) in [5, 5.41) is 1.33. The second-order valence-electron chi connectivity index (χ2n) is 12.0. The standard InChI is InChI=1S/C18H25N3S.C11H15NO2/c1-2-6-15(7-3-1)14-20-10-12-21(13-11-20)18-16-8-4-5-9-17(16)22-19-18;1-5-3-6-4-7(5)9-8(6)10(13)12(2)11(9)14/h4-5,8-9,15H,1-3,6-7,10-14H2;5-9H,3-4H2,1-2H3/t;5?,6-,7-,8+,9-/m.1/s1. The first-order valence-electron chi connectivity index (χ1n) is 14.1. The highest BCUT2D eigenvalue weighted by atomic mass is 32.1. The van der Waals surface area contributed by atoms with Crippen molar-refractivity contribution < 1.29 is 9.59 Å². The zero-order valence-electron chi connectivity index (χ0n) is 21.8. The highest BCUT2D eigenvalue weighted by Crippen LogP contribution is 2.58. The molecule has 5 atom stereocenters. The Labute approximate surface area is 219 Å². The van der Waals surface area contributed by atoms with E-state index in [0.717, 1.165) is 31.8 Å². The first-order chi connectivity index (χ1) is 17.5. The van der Waals surface area contributed by atoms with Gasteiger partial charge in [-0.25, -0.2) is 0 Å². The summed E-state index contributed by atoms with van der Waals surface area (Å²) in [4.78, 5) is 30.2. The molecular weight excluding hydrogens is 468 g/mol. The van der Waals surface area contributed by atoms with Gasteiger partial charge in [0.15, 0.2) is 0 Å². The van der Waals surface area contributed by atoms with E-state index in [1.165, 1.54) is 72.5 Å². The molecule has 2 aliphatic heterocycles. The van der Waals surface area contributed by atoms with Crippen LogP contribution in [0.3, 0.4) is 0 Å². The molecule has 3 heterocycles. The third kappa shape index (κ3) is 4.36. The van der Waals surface area contributed by atoms with E-state index in [4.69, 9.17) is 4.37 Å². The van der Waals surface area contributed by atoms with Gasteiger partial charge in [-0.3, -0.25) is 19.4 Å². The number of anilines is 1.